The van der Waals surface area contributed by atoms with Gasteiger partial charge >= 0.3 is 5.97 Å². The molecule has 88 valence electrons. The largest absolute Gasteiger partial charge is 0.508 e. The number of carbonyl (C=O) groups is 2. The van der Waals surface area contributed by atoms with Crippen molar-refractivity contribution in [2.24, 2.45) is 5.73 Å². The van der Waals surface area contributed by atoms with Crippen molar-refractivity contribution in [2.75, 3.05) is 0 Å². The van der Waals surface area contributed by atoms with Crippen LogP contribution in [-0.2, 0) is 4.79 Å². The predicted molar refractivity (Wildman–Crippen MR) is 63.0 cm³/mol. The van der Waals surface area contributed by atoms with Crippen LogP contribution in [0.1, 0.15) is 16.8 Å². The number of nitrogens with two attached hydrogens (primary N) is 1. The monoisotopic (exact) mass is 289 g/mol. The van der Waals surface area contributed by atoms with Gasteiger partial charge in [0, 0.05) is 5.56 Å². The molecule has 6 heteroatoms. The molecule has 4 N–H and O–H groups in total. The summed E-state index contributed by atoms with van der Waals surface area (Å²) in [6.07, 6.45) is -0.403. The van der Waals surface area contributed by atoms with Crippen LogP contribution in [0, 0.1) is 0 Å². The maximum Gasteiger partial charge on any atom is 0.305 e. The topological polar surface area (TPSA) is 101 Å². The first-order valence-corrected chi connectivity index (χ1v) is 4.31. The van der Waals surface area contributed by atoms with Gasteiger partial charge in [0.05, 0.1) is 12.5 Å². The summed E-state index contributed by atoms with van der Waals surface area (Å²) in [7, 11) is 0. The van der Waals surface area contributed by atoms with Gasteiger partial charge in [0.15, 0.2) is 5.78 Å². The summed E-state index contributed by atoms with van der Waals surface area (Å²) in [5.41, 5.74) is 5.69. The molecule has 16 heavy (non-hydrogen) atoms. The second-order valence-electron chi connectivity index (χ2n) is 3.12. The Morgan fingerprint density at radius 1 is 1.25 bits per heavy atom. The Morgan fingerprint density at radius 2 is 1.75 bits per heavy atom. The van der Waals surface area contributed by atoms with E-state index in [0.717, 1.165) is 0 Å². The average molecular weight is 290 g/mol. The van der Waals surface area contributed by atoms with Crippen LogP contribution >= 0.6 is 17.0 Å². The molecule has 0 fully saturated rings. The highest BCUT2D eigenvalue weighted by molar-refractivity contribution is 8.93. The van der Waals surface area contributed by atoms with Crippen molar-refractivity contribution in [3.8, 4) is 5.75 Å². The van der Waals surface area contributed by atoms with E-state index in [-0.39, 0.29) is 22.7 Å². The minimum absolute atomic E-state index is 0. The molecule has 1 rings (SSSR count). The third-order valence-electron chi connectivity index (χ3n) is 1.88. The van der Waals surface area contributed by atoms with E-state index in [1.165, 1.54) is 24.3 Å². The highest BCUT2D eigenvalue weighted by Gasteiger charge is 2.18. The number of hydrogen-bond donors (Lipinski definition) is 3. The third-order valence-corrected chi connectivity index (χ3v) is 1.88. The fourth-order valence-corrected chi connectivity index (χ4v) is 1.12. The number of benzene rings is 1. The zero-order valence-electron chi connectivity index (χ0n) is 8.29. The zero-order chi connectivity index (χ0) is 11.4. The van der Waals surface area contributed by atoms with E-state index in [2.05, 4.69) is 0 Å². The van der Waals surface area contributed by atoms with Crippen molar-refractivity contribution >= 4 is 28.7 Å². The minimum Gasteiger partial charge on any atom is -0.508 e. The number of ketones is 1. The van der Waals surface area contributed by atoms with Crippen molar-refractivity contribution in [3.05, 3.63) is 29.8 Å². The quantitative estimate of drug-likeness (QED) is 0.717. The van der Waals surface area contributed by atoms with E-state index >= 15 is 0 Å². The molecule has 1 atom stereocenters. The molecular weight excluding hydrogens is 278 g/mol. The molecule has 1 aromatic rings. The van der Waals surface area contributed by atoms with Crippen LogP contribution in [0.4, 0.5) is 0 Å². The summed E-state index contributed by atoms with van der Waals surface area (Å²) < 4.78 is 0. The number of Topliss-reactive ketones (excluding diaryl/α,β-unsaturated/α-hetero) is 1. The van der Waals surface area contributed by atoms with Gasteiger partial charge in [-0.25, -0.2) is 0 Å². The van der Waals surface area contributed by atoms with E-state index in [1.54, 1.807) is 0 Å². The summed E-state index contributed by atoms with van der Waals surface area (Å²) >= 11 is 0. The molecule has 0 saturated carbocycles. The number of phenolic OH excluding ortho intramolecular Hbond substituents is 1. The van der Waals surface area contributed by atoms with E-state index in [9.17, 15) is 9.59 Å². The van der Waals surface area contributed by atoms with Gasteiger partial charge in [0.1, 0.15) is 5.75 Å². The Balaban J connectivity index is 0.00000225. The van der Waals surface area contributed by atoms with Crippen LogP contribution in [0.25, 0.3) is 0 Å². The van der Waals surface area contributed by atoms with Gasteiger partial charge < -0.3 is 15.9 Å². The zero-order valence-corrected chi connectivity index (χ0v) is 10.0. The Kier molecular flexibility index (Phi) is 5.69. The standard InChI is InChI=1S/C10H11NO4.BrH/c11-8(5-9(13)14)10(15)6-1-3-7(12)4-2-6;/h1-4,8,12H,5,11H2,(H,13,14);1H. The maximum atomic E-state index is 11.5. The van der Waals surface area contributed by atoms with Crippen molar-refractivity contribution in [3.63, 3.8) is 0 Å². The van der Waals surface area contributed by atoms with Gasteiger partial charge in [-0.3, -0.25) is 9.59 Å². The van der Waals surface area contributed by atoms with Crippen LogP contribution in [-0.4, -0.2) is 28.0 Å². The lowest BCUT2D eigenvalue weighted by Crippen LogP contribution is -2.32. The maximum absolute atomic E-state index is 11.5. The number of carboxylic acid groups (broad SMARTS) is 1. The SMILES string of the molecule is Br.NC(CC(=O)O)C(=O)c1ccc(O)cc1. The van der Waals surface area contributed by atoms with Gasteiger partial charge in [0.2, 0.25) is 0 Å². The van der Waals surface area contributed by atoms with Gasteiger partial charge in [-0.05, 0) is 24.3 Å². The second-order valence-corrected chi connectivity index (χ2v) is 3.12. The number of carbonyl (C=O) groups excluding carboxylic acids is 1. The van der Waals surface area contributed by atoms with Crippen molar-refractivity contribution in [2.45, 2.75) is 12.5 Å². The molecule has 0 aliphatic rings. The van der Waals surface area contributed by atoms with Crippen molar-refractivity contribution < 1.29 is 19.8 Å². The van der Waals surface area contributed by atoms with E-state index < -0.39 is 24.2 Å². The second kappa shape index (κ2) is 6.24. The molecule has 0 amide bonds. The van der Waals surface area contributed by atoms with Crippen molar-refractivity contribution in [1.82, 2.24) is 0 Å². The lowest BCUT2D eigenvalue weighted by Gasteiger charge is -2.07. The smallest absolute Gasteiger partial charge is 0.305 e. The van der Waals surface area contributed by atoms with E-state index in [4.69, 9.17) is 15.9 Å². The van der Waals surface area contributed by atoms with Crippen LogP contribution in [0.3, 0.4) is 0 Å². The Morgan fingerprint density at radius 3 is 2.19 bits per heavy atom. The van der Waals surface area contributed by atoms with E-state index in [1.807, 2.05) is 0 Å². The molecule has 0 aliphatic heterocycles. The lowest BCUT2D eigenvalue weighted by molar-refractivity contribution is -0.137. The Labute approximate surface area is 103 Å². The number of aliphatic carboxylic acids is 1. The van der Waals surface area contributed by atoms with Gasteiger partial charge in [-0.15, -0.1) is 17.0 Å². The Hall–Kier alpha value is -1.40. The van der Waals surface area contributed by atoms with Gasteiger partial charge in [-0.1, -0.05) is 0 Å². The number of rotatable bonds is 4. The molecule has 1 unspecified atom stereocenters. The molecule has 0 aliphatic carbocycles. The minimum atomic E-state index is -1.12. The number of halogens is 1. The average Bonchev–Trinajstić information content (AvgIpc) is 2.17. The molecule has 0 aromatic heterocycles. The van der Waals surface area contributed by atoms with E-state index in [0.29, 0.717) is 5.56 Å². The summed E-state index contributed by atoms with van der Waals surface area (Å²) in [6.45, 7) is 0. The van der Waals surface area contributed by atoms with Gasteiger partial charge in [0.25, 0.3) is 0 Å². The highest BCUT2D eigenvalue weighted by Crippen LogP contribution is 2.11. The molecule has 0 spiro atoms. The third kappa shape index (κ3) is 4.00. The first-order valence-electron chi connectivity index (χ1n) is 4.31. The van der Waals surface area contributed by atoms with Gasteiger partial charge in [-0.2, -0.15) is 0 Å². The van der Waals surface area contributed by atoms with Crippen LogP contribution < -0.4 is 5.73 Å². The summed E-state index contributed by atoms with van der Waals surface area (Å²) in [5.74, 6) is -1.52. The molecule has 0 saturated heterocycles. The molecule has 0 bridgehead atoms. The van der Waals surface area contributed by atoms with Crippen molar-refractivity contribution in [1.29, 1.82) is 0 Å². The number of hydrogen-bond acceptors (Lipinski definition) is 4. The fraction of sp³-hybridized carbons (Fsp3) is 0.200. The predicted octanol–water partition coefficient (Wildman–Crippen LogP) is 0.955. The first kappa shape index (κ1) is 14.6. The first-order chi connectivity index (χ1) is 7.00. The number of phenols is 1. The molecular formula is C10H12BrNO4. The van der Waals surface area contributed by atoms with Crippen LogP contribution in [0.15, 0.2) is 24.3 Å². The Bertz CT molecular complexity index is 377. The fourth-order valence-electron chi connectivity index (χ4n) is 1.12. The van der Waals surface area contributed by atoms with Crippen LogP contribution in [0.2, 0.25) is 0 Å². The summed E-state index contributed by atoms with van der Waals surface area (Å²) in [5, 5.41) is 17.4. The highest BCUT2D eigenvalue weighted by atomic mass is 79.9. The molecule has 0 heterocycles. The molecule has 5 nitrogen and oxygen atoms in total. The lowest BCUT2D eigenvalue weighted by atomic mass is 10.0. The number of carboxylic acids is 1. The molecule has 0 radical (unpaired) electrons. The normalized spacial score (nSPS) is 11.3. The van der Waals surface area contributed by atoms with Crippen LogP contribution in [0.5, 0.6) is 5.75 Å². The summed E-state index contributed by atoms with van der Waals surface area (Å²) in [6, 6.07) is 4.45. The number of aromatic hydroxyl groups is 1. The molecule has 1 aromatic carbocycles. The summed E-state index contributed by atoms with van der Waals surface area (Å²) in [4.78, 5) is 21.8.